The zero-order valence-electron chi connectivity index (χ0n) is 28.8. The molecule has 0 spiro atoms. The maximum absolute atomic E-state index is 12.9. The minimum atomic E-state index is -4.69. The second kappa shape index (κ2) is 14.2. The van der Waals surface area contributed by atoms with Crippen LogP contribution in [0.15, 0.2) is 35.9 Å². The lowest BCUT2D eigenvalue weighted by Gasteiger charge is -2.58. The van der Waals surface area contributed by atoms with Crippen molar-refractivity contribution >= 4 is 19.9 Å². The summed E-state index contributed by atoms with van der Waals surface area (Å²) in [6, 6.07) is 4.49. The smallest absolute Gasteiger partial charge is 0.480 e. The Morgan fingerprint density at radius 1 is 1.00 bits per heavy atom. The molecule has 4 aliphatic carbocycles. The van der Waals surface area contributed by atoms with E-state index in [-0.39, 0.29) is 23.7 Å². The summed E-state index contributed by atoms with van der Waals surface area (Å²) < 4.78 is 21.4. The predicted molar refractivity (Wildman–Crippen MR) is 181 cm³/mol. The van der Waals surface area contributed by atoms with E-state index in [1.165, 1.54) is 74.8 Å². The van der Waals surface area contributed by atoms with Crippen LogP contribution in [0.4, 0.5) is 4.79 Å². The quantitative estimate of drug-likeness (QED) is 0.128. The first kappa shape index (κ1) is 35.9. The third kappa shape index (κ3) is 8.11. The van der Waals surface area contributed by atoms with Crippen molar-refractivity contribution in [2.45, 2.75) is 124 Å². The van der Waals surface area contributed by atoms with Crippen LogP contribution in [0.2, 0.25) is 0 Å². The van der Waals surface area contributed by atoms with E-state index in [9.17, 15) is 19.3 Å². The first-order valence-corrected chi connectivity index (χ1v) is 19.4. The maximum atomic E-state index is 12.9. The fourth-order valence-corrected chi connectivity index (χ4v) is 10.7. The van der Waals surface area contributed by atoms with Crippen molar-refractivity contribution in [3.63, 3.8) is 0 Å². The standard InChI is InChI=1S/C37H56NO8P/c1-23(2)7-6-8-24(3)30-15-16-31-29-14-11-26-22-28(17-19-36(26,4)32(29)18-20-37(30,31)5)45-35(41)38-33(34(39)40)21-25-9-12-27(13-10-25)46-47(42,43)44/h9-13,23-24,28-33H,6-8,14-22H2,1-5H3,(H,38,41)(H,39,40)(H2,42,43,44)/t24-,28?,29+,30-,31+,32+,33+,36+,37-/m1/s1. The van der Waals surface area contributed by atoms with Gasteiger partial charge in [-0.1, -0.05) is 77.7 Å². The molecule has 0 saturated heterocycles. The number of hydrogen-bond acceptors (Lipinski definition) is 5. The van der Waals surface area contributed by atoms with E-state index in [0.717, 1.165) is 48.9 Å². The number of ether oxygens (including phenoxy) is 1. The van der Waals surface area contributed by atoms with E-state index in [4.69, 9.17) is 14.5 Å². The number of amides is 1. The van der Waals surface area contributed by atoms with Crippen LogP contribution in [-0.4, -0.2) is 39.1 Å². The summed E-state index contributed by atoms with van der Waals surface area (Å²) in [5.41, 5.74) is 2.54. The molecule has 9 nitrogen and oxygen atoms in total. The zero-order valence-corrected chi connectivity index (χ0v) is 29.7. The van der Waals surface area contributed by atoms with Crippen LogP contribution < -0.4 is 9.84 Å². The van der Waals surface area contributed by atoms with Gasteiger partial charge in [-0.2, -0.15) is 0 Å². The van der Waals surface area contributed by atoms with Crippen LogP contribution in [0.25, 0.3) is 0 Å². The molecule has 0 bridgehead atoms. The summed E-state index contributed by atoms with van der Waals surface area (Å²) >= 11 is 0. The number of carbonyl (C=O) groups excluding carboxylic acids is 1. The Balaban J connectivity index is 1.17. The van der Waals surface area contributed by atoms with Crippen LogP contribution >= 0.6 is 7.82 Å². The van der Waals surface area contributed by atoms with Crippen molar-refractivity contribution in [2.75, 3.05) is 0 Å². The van der Waals surface area contributed by atoms with Crippen molar-refractivity contribution < 1.29 is 38.3 Å². The molecule has 0 heterocycles. The highest BCUT2D eigenvalue weighted by Gasteiger charge is 2.59. The molecular formula is C37H56NO8P. The van der Waals surface area contributed by atoms with Crippen LogP contribution in [0.1, 0.15) is 111 Å². The van der Waals surface area contributed by atoms with Gasteiger partial charge in [0.25, 0.3) is 0 Å². The van der Waals surface area contributed by atoms with E-state index in [0.29, 0.717) is 23.3 Å². The Morgan fingerprint density at radius 3 is 2.38 bits per heavy atom. The number of phosphoric acid groups is 1. The van der Waals surface area contributed by atoms with Gasteiger partial charge in [-0.15, -0.1) is 0 Å². The molecule has 9 atom stereocenters. The molecule has 262 valence electrons. The number of hydrogen-bond donors (Lipinski definition) is 4. The van der Waals surface area contributed by atoms with Crippen LogP contribution in [0, 0.1) is 46.3 Å². The normalized spacial score (nSPS) is 33.1. The van der Waals surface area contributed by atoms with Gasteiger partial charge < -0.3 is 19.7 Å². The van der Waals surface area contributed by atoms with Crippen LogP contribution in [0.5, 0.6) is 5.75 Å². The molecule has 1 aromatic rings. The molecule has 0 aromatic heterocycles. The molecule has 10 heteroatoms. The molecule has 3 saturated carbocycles. The molecule has 5 rings (SSSR count). The van der Waals surface area contributed by atoms with Crippen LogP contribution in [-0.2, 0) is 20.5 Å². The molecule has 1 amide bonds. The van der Waals surface area contributed by atoms with Gasteiger partial charge in [-0.3, -0.25) is 9.79 Å². The number of carbonyl (C=O) groups is 2. The average molecular weight is 674 g/mol. The van der Waals surface area contributed by atoms with Gasteiger partial charge in [0, 0.05) is 12.8 Å². The Morgan fingerprint density at radius 2 is 1.72 bits per heavy atom. The summed E-state index contributed by atoms with van der Waals surface area (Å²) in [7, 11) is -4.69. The van der Waals surface area contributed by atoms with E-state index in [2.05, 4.69) is 50.5 Å². The molecule has 0 aliphatic heterocycles. The van der Waals surface area contributed by atoms with Crippen molar-refractivity contribution in [1.29, 1.82) is 0 Å². The topological polar surface area (TPSA) is 142 Å². The van der Waals surface area contributed by atoms with Crippen molar-refractivity contribution in [3.05, 3.63) is 41.5 Å². The highest BCUT2D eigenvalue weighted by molar-refractivity contribution is 7.46. The molecule has 0 radical (unpaired) electrons. The first-order valence-electron chi connectivity index (χ1n) is 17.8. The van der Waals surface area contributed by atoms with Gasteiger partial charge in [0.05, 0.1) is 0 Å². The predicted octanol–water partition coefficient (Wildman–Crippen LogP) is 8.29. The molecule has 1 unspecified atom stereocenters. The molecular weight excluding hydrogens is 617 g/mol. The van der Waals surface area contributed by atoms with Crippen LogP contribution in [0.3, 0.4) is 0 Å². The number of nitrogens with one attached hydrogen (secondary N) is 1. The second-order valence-electron chi connectivity index (χ2n) is 16.0. The largest absolute Gasteiger partial charge is 0.524 e. The number of rotatable bonds is 12. The number of phosphoric ester groups is 1. The van der Waals surface area contributed by atoms with Crippen molar-refractivity contribution in [3.8, 4) is 5.75 Å². The van der Waals surface area contributed by atoms with E-state index in [1.807, 2.05) is 0 Å². The number of fused-ring (bicyclic) bond motifs is 5. The van der Waals surface area contributed by atoms with E-state index >= 15 is 0 Å². The lowest BCUT2D eigenvalue weighted by molar-refractivity contribution is -0.139. The monoisotopic (exact) mass is 673 g/mol. The molecule has 1 aromatic carbocycles. The number of carboxylic acid groups (broad SMARTS) is 1. The summed E-state index contributed by atoms with van der Waals surface area (Å²) in [6.45, 7) is 12.3. The van der Waals surface area contributed by atoms with Gasteiger partial charge in [-0.05, 0) is 109 Å². The minimum absolute atomic E-state index is 0.0186. The Bertz CT molecular complexity index is 1360. The summed E-state index contributed by atoms with van der Waals surface area (Å²) in [6.07, 6.45) is 14.3. The number of carboxylic acids is 1. The fraction of sp³-hybridized carbons (Fsp3) is 0.730. The molecule has 3 fully saturated rings. The third-order valence-corrected chi connectivity index (χ3v) is 13.2. The number of allylic oxidation sites excluding steroid dienone is 1. The Hall–Kier alpha value is -2.35. The summed E-state index contributed by atoms with van der Waals surface area (Å²) in [5.74, 6) is 3.35. The Labute approximate surface area is 280 Å². The lowest BCUT2D eigenvalue weighted by Crippen LogP contribution is -2.51. The average Bonchev–Trinajstić information content (AvgIpc) is 3.34. The maximum Gasteiger partial charge on any atom is 0.524 e. The number of alkyl carbamates (subject to hydrolysis) is 1. The molecule has 4 aliphatic rings. The van der Waals surface area contributed by atoms with Gasteiger partial charge >= 0.3 is 19.9 Å². The first-order chi connectivity index (χ1) is 22.1. The molecule has 4 N–H and O–H groups in total. The summed E-state index contributed by atoms with van der Waals surface area (Å²) in [4.78, 5) is 42.8. The molecule has 47 heavy (non-hydrogen) atoms. The van der Waals surface area contributed by atoms with Gasteiger partial charge in [-0.25, -0.2) is 14.2 Å². The van der Waals surface area contributed by atoms with Crippen molar-refractivity contribution in [2.24, 2.45) is 46.3 Å². The lowest BCUT2D eigenvalue weighted by atomic mass is 9.47. The SMILES string of the molecule is CC(C)CCC[C@@H](C)[C@H]1CC[C@H]2[C@@H]3CC=C4CC(OC(=O)N[C@@H](Cc5ccc(OP(=O)(O)O)cc5)C(=O)O)CC[C@]4(C)[C@H]3CC[C@]12C. The van der Waals surface area contributed by atoms with E-state index in [1.54, 1.807) is 0 Å². The van der Waals surface area contributed by atoms with Gasteiger partial charge in [0.2, 0.25) is 0 Å². The van der Waals surface area contributed by atoms with Crippen molar-refractivity contribution in [1.82, 2.24) is 5.32 Å². The van der Waals surface area contributed by atoms with Gasteiger partial charge in [0.1, 0.15) is 17.9 Å². The number of aliphatic carboxylic acids is 1. The fourth-order valence-electron chi connectivity index (χ4n) is 10.3. The highest BCUT2D eigenvalue weighted by Crippen LogP contribution is 2.67. The Kier molecular flexibility index (Phi) is 10.9. The van der Waals surface area contributed by atoms with Gasteiger partial charge in [0.15, 0.2) is 0 Å². The third-order valence-electron chi connectivity index (χ3n) is 12.7. The summed E-state index contributed by atoms with van der Waals surface area (Å²) in [5, 5.41) is 12.3. The second-order valence-corrected chi connectivity index (χ2v) is 17.2. The van der Waals surface area contributed by atoms with E-state index < -0.39 is 25.9 Å². The number of benzene rings is 1. The zero-order chi connectivity index (χ0) is 34.1. The minimum Gasteiger partial charge on any atom is -0.480 e. The highest BCUT2D eigenvalue weighted by atomic mass is 31.2.